The van der Waals surface area contributed by atoms with Gasteiger partial charge in [0.05, 0.1) is 17.6 Å². The Hall–Kier alpha value is -2.58. The van der Waals surface area contributed by atoms with Crippen LogP contribution in [0, 0.1) is 0 Å². The van der Waals surface area contributed by atoms with Crippen LogP contribution in [0.5, 0.6) is 5.75 Å². The lowest BCUT2D eigenvalue weighted by Gasteiger charge is -2.35. The topological polar surface area (TPSA) is 79.0 Å². The van der Waals surface area contributed by atoms with Gasteiger partial charge in [-0.1, -0.05) is 18.2 Å². The largest absolute Gasteiger partial charge is 0.496 e. The number of ether oxygens (including phenoxy) is 1. The van der Waals surface area contributed by atoms with Gasteiger partial charge in [0.2, 0.25) is 10.0 Å². The molecule has 0 unspecified atom stereocenters. The molecular weight excluding hydrogens is 378 g/mol. The number of nitrogens with one attached hydrogen (secondary N) is 1. The maximum atomic E-state index is 13.1. The van der Waals surface area contributed by atoms with Crippen molar-refractivity contribution in [2.75, 3.05) is 44.7 Å². The van der Waals surface area contributed by atoms with E-state index >= 15 is 0 Å². The van der Waals surface area contributed by atoms with Gasteiger partial charge in [0, 0.05) is 38.4 Å². The number of anilines is 1. The van der Waals surface area contributed by atoms with Crippen molar-refractivity contribution in [3.05, 3.63) is 54.1 Å². The number of methoxy groups -OCH3 is 1. The quantitative estimate of drug-likeness (QED) is 0.798. The van der Waals surface area contributed by atoms with E-state index in [2.05, 4.69) is 10.2 Å². The molecule has 0 spiro atoms. The third-order valence-electron chi connectivity index (χ3n) is 4.75. The predicted molar refractivity (Wildman–Crippen MR) is 108 cm³/mol. The van der Waals surface area contributed by atoms with Crippen LogP contribution in [0.4, 0.5) is 5.69 Å². The number of benzene rings is 2. The minimum atomic E-state index is -3.69. The van der Waals surface area contributed by atoms with Crippen LogP contribution in [0.2, 0.25) is 0 Å². The summed E-state index contributed by atoms with van der Waals surface area (Å²) in [5.41, 5.74) is 1.30. The van der Waals surface area contributed by atoms with Crippen molar-refractivity contribution in [1.82, 2.24) is 9.62 Å². The first kappa shape index (κ1) is 20.2. The number of nitrogens with zero attached hydrogens (tertiary/aromatic N) is 2. The van der Waals surface area contributed by atoms with Gasteiger partial charge in [0.1, 0.15) is 5.75 Å². The lowest BCUT2D eigenvalue weighted by atomic mass is 10.2. The molecule has 1 amide bonds. The number of hydrogen-bond donors (Lipinski definition) is 1. The van der Waals surface area contributed by atoms with Crippen molar-refractivity contribution in [3.63, 3.8) is 0 Å². The molecule has 1 fully saturated rings. The highest BCUT2D eigenvalue weighted by molar-refractivity contribution is 7.89. The van der Waals surface area contributed by atoms with Crippen LogP contribution in [0.25, 0.3) is 0 Å². The molecule has 0 aliphatic carbocycles. The summed E-state index contributed by atoms with van der Waals surface area (Å²) >= 11 is 0. The minimum Gasteiger partial charge on any atom is -0.496 e. The average Bonchev–Trinajstić information content (AvgIpc) is 2.74. The Morgan fingerprint density at radius 3 is 2.36 bits per heavy atom. The van der Waals surface area contributed by atoms with Crippen LogP contribution in [-0.4, -0.2) is 58.5 Å². The fraction of sp³-hybridized carbons (Fsp3) is 0.350. The van der Waals surface area contributed by atoms with E-state index in [0.29, 0.717) is 38.5 Å². The first-order chi connectivity index (χ1) is 13.5. The predicted octanol–water partition coefficient (Wildman–Crippen LogP) is 1.96. The second kappa shape index (κ2) is 8.62. The maximum absolute atomic E-state index is 13.1. The van der Waals surface area contributed by atoms with Gasteiger partial charge in [0.15, 0.2) is 0 Å². The van der Waals surface area contributed by atoms with Crippen molar-refractivity contribution in [2.45, 2.75) is 11.8 Å². The zero-order valence-corrected chi connectivity index (χ0v) is 16.9. The Morgan fingerprint density at radius 2 is 1.75 bits per heavy atom. The second-order valence-electron chi connectivity index (χ2n) is 6.45. The van der Waals surface area contributed by atoms with Crippen LogP contribution >= 0.6 is 0 Å². The Bertz CT molecular complexity index is 924. The number of amides is 1. The Kier molecular flexibility index (Phi) is 6.21. The SMILES string of the molecule is CCNC(=O)c1cc(S(=O)(=O)N2CCN(c3ccccc3)CC2)ccc1OC. The van der Waals surface area contributed by atoms with Gasteiger partial charge < -0.3 is 15.0 Å². The van der Waals surface area contributed by atoms with Gasteiger partial charge in [-0.05, 0) is 37.3 Å². The van der Waals surface area contributed by atoms with Crippen molar-refractivity contribution in [2.24, 2.45) is 0 Å². The first-order valence-electron chi connectivity index (χ1n) is 9.23. The molecule has 1 N–H and O–H groups in total. The highest BCUT2D eigenvalue weighted by atomic mass is 32.2. The number of para-hydroxylation sites is 1. The number of piperazine rings is 1. The number of rotatable bonds is 6. The second-order valence-corrected chi connectivity index (χ2v) is 8.39. The Balaban J connectivity index is 1.80. The summed E-state index contributed by atoms with van der Waals surface area (Å²) in [6, 6.07) is 14.3. The molecule has 0 bridgehead atoms. The molecule has 0 aromatic heterocycles. The number of hydrogen-bond acceptors (Lipinski definition) is 5. The molecule has 0 saturated carbocycles. The molecule has 1 aliphatic rings. The fourth-order valence-corrected chi connectivity index (χ4v) is 4.70. The van der Waals surface area contributed by atoms with E-state index in [4.69, 9.17) is 4.74 Å². The van der Waals surface area contributed by atoms with E-state index in [9.17, 15) is 13.2 Å². The van der Waals surface area contributed by atoms with E-state index < -0.39 is 10.0 Å². The highest BCUT2D eigenvalue weighted by Crippen LogP contribution is 2.26. The van der Waals surface area contributed by atoms with Gasteiger partial charge in [-0.15, -0.1) is 0 Å². The molecule has 150 valence electrons. The average molecular weight is 404 g/mol. The summed E-state index contributed by atoms with van der Waals surface area (Å²) in [6.45, 7) is 4.25. The summed E-state index contributed by atoms with van der Waals surface area (Å²) < 4.78 is 32.9. The molecule has 28 heavy (non-hydrogen) atoms. The lowest BCUT2D eigenvalue weighted by molar-refractivity contribution is 0.0952. The van der Waals surface area contributed by atoms with E-state index in [-0.39, 0.29) is 16.4 Å². The summed E-state index contributed by atoms with van der Waals surface area (Å²) in [4.78, 5) is 14.5. The van der Waals surface area contributed by atoms with Crippen molar-refractivity contribution in [3.8, 4) is 5.75 Å². The highest BCUT2D eigenvalue weighted by Gasteiger charge is 2.29. The number of carbonyl (C=O) groups is 1. The van der Waals surface area contributed by atoms with Gasteiger partial charge in [0.25, 0.3) is 5.91 Å². The number of sulfonamides is 1. The third kappa shape index (κ3) is 4.13. The summed E-state index contributed by atoms with van der Waals surface area (Å²) in [6.07, 6.45) is 0. The molecule has 0 atom stereocenters. The zero-order chi connectivity index (χ0) is 20.1. The maximum Gasteiger partial charge on any atom is 0.255 e. The van der Waals surface area contributed by atoms with Crippen molar-refractivity contribution < 1.29 is 17.9 Å². The normalized spacial score (nSPS) is 15.3. The molecule has 8 heteroatoms. The summed E-state index contributed by atoms with van der Waals surface area (Å²) in [5.74, 6) is -0.0101. The van der Waals surface area contributed by atoms with Crippen LogP contribution in [-0.2, 0) is 10.0 Å². The molecule has 1 aliphatic heterocycles. The first-order valence-corrected chi connectivity index (χ1v) is 10.7. The standard InChI is InChI=1S/C20H25N3O4S/c1-3-21-20(24)18-15-17(9-10-19(18)27-2)28(25,26)23-13-11-22(12-14-23)16-7-5-4-6-8-16/h4-10,15H,3,11-14H2,1-2H3,(H,21,24). The lowest BCUT2D eigenvalue weighted by Crippen LogP contribution is -2.48. The molecule has 2 aromatic carbocycles. The third-order valence-corrected chi connectivity index (χ3v) is 6.65. The van der Waals surface area contributed by atoms with E-state index in [1.807, 2.05) is 30.3 Å². The van der Waals surface area contributed by atoms with Gasteiger partial charge >= 0.3 is 0 Å². The fourth-order valence-electron chi connectivity index (χ4n) is 3.26. The van der Waals surface area contributed by atoms with Crippen molar-refractivity contribution >= 4 is 21.6 Å². The molecule has 1 saturated heterocycles. The molecule has 3 rings (SSSR count). The molecule has 1 heterocycles. The van der Waals surface area contributed by atoms with Gasteiger partial charge in [-0.2, -0.15) is 4.31 Å². The number of carbonyl (C=O) groups excluding carboxylic acids is 1. The van der Waals surface area contributed by atoms with E-state index in [1.54, 1.807) is 6.92 Å². The van der Waals surface area contributed by atoms with Crippen LogP contribution in [0.3, 0.4) is 0 Å². The molecule has 0 radical (unpaired) electrons. The molecule has 7 nitrogen and oxygen atoms in total. The molecule has 2 aromatic rings. The zero-order valence-electron chi connectivity index (χ0n) is 16.1. The summed E-state index contributed by atoms with van der Waals surface area (Å²) in [7, 11) is -2.24. The van der Waals surface area contributed by atoms with Crippen LogP contribution in [0.15, 0.2) is 53.4 Å². The van der Waals surface area contributed by atoms with Crippen molar-refractivity contribution in [1.29, 1.82) is 0 Å². The Morgan fingerprint density at radius 1 is 1.07 bits per heavy atom. The van der Waals surface area contributed by atoms with Crippen LogP contribution in [0.1, 0.15) is 17.3 Å². The van der Waals surface area contributed by atoms with Gasteiger partial charge in [-0.3, -0.25) is 4.79 Å². The molecular formula is C20H25N3O4S. The van der Waals surface area contributed by atoms with E-state index in [0.717, 1.165) is 5.69 Å². The smallest absolute Gasteiger partial charge is 0.255 e. The van der Waals surface area contributed by atoms with E-state index in [1.165, 1.54) is 29.6 Å². The Labute approximate surface area is 166 Å². The van der Waals surface area contributed by atoms with Crippen LogP contribution < -0.4 is 15.0 Å². The van der Waals surface area contributed by atoms with Gasteiger partial charge in [-0.25, -0.2) is 8.42 Å². The summed E-state index contributed by atoms with van der Waals surface area (Å²) in [5, 5.41) is 2.68. The monoisotopic (exact) mass is 403 g/mol. The minimum absolute atomic E-state index is 0.0997.